The van der Waals surface area contributed by atoms with Crippen LogP contribution < -0.4 is 21.1 Å². The predicted molar refractivity (Wildman–Crippen MR) is 184 cm³/mol. The van der Waals surface area contributed by atoms with Gasteiger partial charge in [-0.3, -0.25) is 14.4 Å². The Kier molecular flexibility index (Phi) is 15.4. The van der Waals surface area contributed by atoms with Crippen LogP contribution in [0.5, 0.6) is 5.75 Å². The molecule has 0 unspecified atom stereocenters. The predicted octanol–water partition coefficient (Wildman–Crippen LogP) is 4.66. The number of β-lactam (4-membered cyclic amide) rings is 1. The maximum atomic E-state index is 12.2. The van der Waals surface area contributed by atoms with Gasteiger partial charge in [0.1, 0.15) is 23.2 Å². The molecule has 2 fully saturated rings. The van der Waals surface area contributed by atoms with E-state index < -0.39 is 28.7 Å². The quantitative estimate of drug-likeness (QED) is 0.105. The molecule has 47 heavy (non-hydrogen) atoms. The summed E-state index contributed by atoms with van der Waals surface area (Å²) in [5.41, 5.74) is 6.50. The number of aromatic nitrogens is 2. The Morgan fingerprint density at radius 3 is 2.30 bits per heavy atom. The molecule has 1 aromatic heterocycles. The molecule has 0 aliphatic carbocycles. The Labute approximate surface area is 282 Å². The summed E-state index contributed by atoms with van der Waals surface area (Å²) in [6.07, 6.45) is 15.7. The van der Waals surface area contributed by atoms with Crippen LogP contribution >= 0.6 is 11.8 Å². The molecule has 12 nitrogen and oxygen atoms in total. The van der Waals surface area contributed by atoms with Gasteiger partial charge in [-0.25, -0.2) is 9.78 Å². The number of H-pyrrole nitrogens is 1. The van der Waals surface area contributed by atoms with Gasteiger partial charge in [-0.15, -0.1) is 11.8 Å². The number of carbonyl (C=O) groups is 4. The number of benzene rings is 1. The Bertz CT molecular complexity index is 1290. The highest BCUT2D eigenvalue weighted by Crippen LogP contribution is 2.50. The molecule has 260 valence electrons. The average Bonchev–Trinajstić information content (AvgIpc) is 3.57. The molecule has 2 aliphatic heterocycles. The van der Waals surface area contributed by atoms with Crippen LogP contribution in [0.3, 0.4) is 0 Å². The molecule has 1 aromatic carbocycles. The third kappa shape index (κ3) is 12.1. The summed E-state index contributed by atoms with van der Waals surface area (Å²) >= 11 is 1.39. The maximum absolute atomic E-state index is 12.2. The third-order valence-electron chi connectivity index (χ3n) is 8.21. The fourth-order valence-electron chi connectivity index (χ4n) is 5.72. The van der Waals surface area contributed by atoms with Crippen molar-refractivity contribution in [2.45, 2.75) is 120 Å². The number of anilines is 1. The van der Waals surface area contributed by atoms with Crippen molar-refractivity contribution in [2.75, 3.05) is 18.9 Å². The van der Waals surface area contributed by atoms with Crippen LogP contribution in [-0.4, -0.2) is 79.0 Å². The number of ether oxygens (including phenoxy) is 1. The van der Waals surface area contributed by atoms with Crippen molar-refractivity contribution in [1.82, 2.24) is 25.5 Å². The summed E-state index contributed by atoms with van der Waals surface area (Å²) in [6.45, 7) is 6.45. The van der Waals surface area contributed by atoms with E-state index in [1.807, 2.05) is 6.07 Å². The van der Waals surface area contributed by atoms with E-state index in [1.165, 1.54) is 68.0 Å². The van der Waals surface area contributed by atoms with E-state index in [4.69, 9.17) is 10.5 Å². The third-order valence-corrected chi connectivity index (χ3v) is 9.78. The Morgan fingerprint density at radius 2 is 1.68 bits per heavy atom. The number of aryl methyl sites for hydroxylation is 1. The zero-order chi connectivity index (χ0) is 34.2. The van der Waals surface area contributed by atoms with Gasteiger partial charge < -0.3 is 36.1 Å². The van der Waals surface area contributed by atoms with Gasteiger partial charge in [0.05, 0.1) is 6.20 Å². The van der Waals surface area contributed by atoms with Gasteiger partial charge in [-0.1, -0.05) is 76.5 Å². The van der Waals surface area contributed by atoms with E-state index in [0.29, 0.717) is 18.1 Å². The van der Waals surface area contributed by atoms with E-state index in [2.05, 4.69) is 27.5 Å². The monoisotopic (exact) mass is 672 g/mol. The standard InChI is InChI=1S/C18H34N4O.C16H18N2O5S/c1-2-3-4-5-6-7-8-9-10-14-20-17(23)13-11-12-16-15-21-18(19)22-16;1-16(2)12(15(21)22)18-13(20)11(14(18)24-16)17-10(19)8-23-9-6-4-3-5-7-9/h15H,2-14H2,1H3,(H,20,23)(H3,19,21,22);3-7,11-12,14H,8H2,1-2H3,(H,17,19)(H,21,22)/t;11-,12+,14-/m.1/s1. The maximum Gasteiger partial charge on any atom is 0.327 e. The number of para-hydroxylation sites is 1. The zero-order valence-corrected chi connectivity index (χ0v) is 28.8. The van der Waals surface area contributed by atoms with E-state index in [9.17, 15) is 24.3 Å². The highest BCUT2D eigenvalue weighted by molar-refractivity contribution is 8.01. The number of hydrogen-bond acceptors (Lipinski definition) is 8. The number of amides is 3. The molecule has 0 radical (unpaired) electrons. The van der Waals surface area contributed by atoms with Gasteiger partial charge in [0.2, 0.25) is 11.8 Å². The number of carboxylic acid groups (broad SMARTS) is 1. The number of nitrogens with zero attached hydrogens (tertiary/aromatic N) is 2. The molecule has 2 saturated heterocycles. The number of carbonyl (C=O) groups excluding carboxylic acids is 3. The van der Waals surface area contributed by atoms with Crippen LogP contribution in [0.25, 0.3) is 0 Å². The summed E-state index contributed by atoms with van der Waals surface area (Å²) in [5, 5.41) is 14.6. The summed E-state index contributed by atoms with van der Waals surface area (Å²) in [7, 11) is 0. The van der Waals surface area contributed by atoms with Crippen molar-refractivity contribution in [3.8, 4) is 5.75 Å². The lowest BCUT2D eigenvalue weighted by Gasteiger charge is -2.43. The molecule has 3 amide bonds. The van der Waals surface area contributed by atoms with Crippen molar-refractivity contribution < 1.29 is 29.0 Å². The molecule has 0 saturated carbocycles. The molecule has 2 aromatic rings. The van der Waals surface area contributed by atoms with Gasteiger partial charge in [-0.05, 0) is 45.2 Å². The van der Waals surface area contributed by atoms with Gasteiger partial charge >= 0.3 is 5.97 Å². The van der Waals surface area contributed by atoms with E-state index in [1.54, 1.807) is 44.3 Å². The SMILES string of the molecule is CC1(C)S[C@@H]2[C@H](NC(=O)COc3ccccc3)C(=O)N2[C@H]1C(=O)O.CCCCCCCCCCCNC(=O)CCCc1cnc(N)[nH]1. The minimum Gasteiger partial charge on any atom is -0.484 e. The second-order valence-electron chi connectivity index (χ2n) is 12.6. The molecule has 4 rings (SSSR count). The molecular formula is C34H52N6O6S. The summed E-state index contributed by atoms with van der Waals surface area (Å²) in [5.74, 6) is -0.642. The number of aliphatic carboxylic acids is 1. The van der Waals surface area contributed by atoms with Gasteiger partial charge in [0, 0.05) is 23.4 Å². The summed E-state index contributed by atoms with van der Waals surface area (Å²) < 4.78 is 4.74. The Morgan fingerprint density at radius 1 is 1.02 bits per heavy atom. The van der Waals surface area contributed by atoms with Crippen LogP contribution in [0.4, 0.5) is 5.95 Å². The van der Waals surface area contributed by atoms with Crippen molar-refractivity contribution in [3.05, 3.63) is 42.2 Å². The number of thioether (sulfide) groups is 1. The molecule has 3 heterocycles. The minimum atomic E-state index is -1.03. The lowest BCUT2D eigenvalue weighted by Crippen LogP contribution is -2.70. The van der Waals surface area contributed by atoms with Crippen LogP contribution in [-0.2, 0) is 25.6 Å². The van der Waals surface area contributed by atoms with Crippen LogP contribution in [0, 0.1) is 0 Å². The summed E-state index contributed by atoms with van der Waals surface area (Å²) in [4.78, 5) is 55.6. The number of nitrogens with two attached hydrogens (primary N) is 1. The molecule has 13 heteroatoms. The first kappa shape index (κ1) is 37.7. The lowest BCUT2D eigenvalue weighted by molar-refractivity contribution is -0.161. The van der Waals surface area contributed by atoms with Crippen molar-refractivity contribution in [1.29, 1.82) is 0 Å². The number of unbranched alkanes of at least 4 members (excludes halogenated alkanes) is 8. The highest BCUT2D eigenvalue weighted by Gasteiger charge is 2.64. The largest absolute Gasteiger partial charge is 0.484 e. The number of nitrogen functional groups attached to an aromatic ring is 1. The van der Waals surface area contributed by atoms with Gasteiger partial charge in [0.25, 0.3) is 5.91 Å². The Hall–Kier alpha value is -3.74. The lowest BCUT2D eigenvalue weighted by atomic mass is 9.96. The molecule has 0 bridgehead atoms. The molecule has 2 aliphatic rings. The molecular weight excluding hydrogens is 620 g/mol. The molecule has 6 N–H and O–H groups in total. The number of fused-ring (bicyclic) bond motifs is 1. The normalized spacial score (nSPS) is 19.2. The first-order valence-electron chi connectivity index (χ1n) is 16.8. The molecule has 3 atom stereocenters. The smallest absolute Gasteiger partial charge is 0.327 e. The fourth-order valence-corrected chi connectivity index (χ4v) is 7.35. The number of rotatable bonds is 19. The second-order valence-corrected chi connectivity index (χ2v) is 14.3. The highest BCUT2D eigenvalue weighted by atomic mass is 32.2. The zero-order valence-electron chi connectivity index (χ0n) is 28.0. The topological polar surface area (TPSA) is 180 Å². The number of hydrogen-bond donors (Lipinski definition) is 5. The van der Waals surface area contributed by atoms with E-state index >= 15 is 0 Å². The van der Waals surface area contributed by atoms with Crippen molar-refractivity contribution >= 4 is 41.4 Å². The first-order valence-corrected chi connectivity index (χ1v) is 17.7. The minimum absolute atomic E-state index is 0.150. The van der Waals surface area contributed by atoms with Crippen molar-refractivity contribution in [2.24, 2.45) is 0 Å². The number of nitrogens with one attached hydrogen (secondary N) is 3. The first-order chi connectivity index (χ1) is 22.5. The van der Waals surface area contributed by atoms with Crippen molar-refractivity contribution in [3.63, 3.8) is 0 Å². The van der Waals surface area contributed by atoms with Gasteiger partial charge in [-0.2, -0.15) is 0 Å². The van der Waals surface area contributed by atoms with E-state index in [-0.39, 0.29) is 23.8 Å². The van der Waals surface area contributed by atoms with Crippen LogP contribution in [0.1, 0.15) is 97.1 Å². The van der Waals surface area contributed by atoms with Crippen LogP contribution in [0.15, 0.2) is 36.5 Å². The number of aromatic amines is 1. The van der Waals surface area contributed by atoms with Crippen LogP contribution in [0.2, 0.25) is 0 Å². The van der Waals surface area contributed by atoms with Gasteiger partial charge in [0.15, 0.2) is 12.6 Å². The number of carboxylic acids is 1. The molecule has 0 spiro atoms. The fraction of sp³-hybridized carbons (Fsp3) is 0.618. The van der Waals surface area contributed by atoms with E-state index in [0.717, 1.165) is 31.5 Å². The Balaban J connectivity index is 0.000000256. The number of imidazole rings is 1. The second kappa shape index (κ2) is 19.2. The average molecular weight is 673 g/mol. The summed E-state index contributed by atoms with van der Waals surface area (Å²) in [6, 6.07) is 7.31.